The van der Waals surface area contributed by atoms with Gasteiger partial charge in [-0.1, -0.05) is 19.6 Å². The van der Waals surface area contributed by atoms with Crippen LogP contribution in [0.5, 0.6) is 0 Å². The monoisotopic (exact) mass is 379 g/mol. The SMILES string of the molecule is COC[C@H]1O[C@@H](NC(=O)OCC[Si](C)(C)C)[C@H](OC)[C@@H](OC)[C@@H]1OC. The Balaban J connectivity index is 2.73. The second kappa shape index (κ2) is 10.4. The van der Waals surface area contributed by atoms with Crippen LogP contribution in [0.25, 0.3) is 0 Å². The van der Waals surface area contributed by atoms with Gasteiger partial charge in [-0.2, -0.15) is 0 Å². The number of amides is 1. The first-order valence-electron chi connectivity index (χ1n) is 8.43. The van der Waals surface area contributed by atoms with Crippen molar-refractivity contribution < 1.29 is 33.2 Å². The van der Waals surface area contributed by atoms with Crippen LogP contribution in [0.15, 0.2) is 0 Å². The van der Waals surface area contributed by atoms with Crippen molar-refractivity contribution in [1.29, 1.82) is 0 Å². The van der Waals surface area contributed by atoms with Crippen LogP contribution in [-0.2, 0) is 28.4 Å². The summed E-state index contributed by atoms with van der Waals surface area (Å²) >= 11 is 0. The molecule has 1 aliphatic rings. The molecular weight excluding hydrogens is 346 g/mol. The van der Waals surface area contributed by atoms with E-state index in [4.69, 9.17) is 28.4 Å². The summed E-state index contributed by atoms with van der Waals surface area (Å²) < 4.78 is 32.9. The summed E-state index contributed by atoms with van der Waals surface area (Å²) in [4.78, 5) is 12.1. The highest BCUT2D eigenvalue weighted by Gasteiger charge is 2.47. The van der Waals surface area contributed by atoms with Gasteiger partial charge in [0.15, 0.2) is 6.23 Å². The molecule has 1 aliphatic heterocycles. The number of nitrogens with one attached hydrogen (secondary N) is 1. The molecule has 0 aromatic rings. The van der Waals surface area contributed by atoms with E-state index >= 15 is 0 Å². The fraction of sp³-hybridized carbons (Fsp3) is 0.938. The van der Waals surface area contributed by atoms with Gasteiger partial charge in [0.05, 0.1) is 13.2 Å². The van der Waals surface area contributed by atoms with Gasteiger partial charge in [0.25, 0.3) is 0 Å². The minimum absolute atomic E-state index is 0.303. The molecule has 0 bridgehead atoms. The second-order valence-corrected chi connectivity index (χ2v) is 12.9. The van der Waals surface area contributed by atoms with Crippen molar-refractivity contribution in [2.45, 2.75) is 56.3 Å². The molecule has 0 aromatic heterocycles. The average Bonchev–Trinajstić information content (AvgIpc) is 2.53. The number of rotatable bonds is 9. The lowest BCUT2D eigenvalue weighted by atomic mass is 9.97. The Morgan fingerprint density at radius 3 is 2.08 bits per heavy atom. The first-order valence-corrected chi connectivity index (χ1v) is 12.1. The van der Waals surface area contributed by atoms with Crippen LogP contribution >= 0.6 is 0 Å². The minimum Gasteiger partial charge on any atom is -0.450 e. The number of carbonyl (C=O) groups is 1. The van der Waals surface area contributed by atoms with Gasteiger partial charge in [-0.3, -0.25) is 5.32 Å². The van der Waals surface area contributed by atoms with Crippen molar-refractivity contribution in [3.8, 4) is 0 Å². The van der Waals surface area contributed by atoms with Crippen LogP contribution in [-0.4, -0.2) is 86.5 Å². The average molecular weight is 380 g/mol. The molecule has 1 rings (SSSR count). The fourth-order valence-electron chi connectivity index (χ4n) is 2.75. The number of alkyl carbamates (subject to hydrolysis) is 1. The van der Waals surface area contributed by atoms with Crippen molar-refractivity contribution in [3.05, 3.63) is 0 Å². The number of ether oxygens (including phenoxy) is 6. The van der Waals surface area contributed by atoms with Crippen molar-refractivity contribution >= 4 is 14.2 Å². The zero-order chi connectivity index (χ0) is 19.0. The molecule has 1 amide bonds. The normalized spacial score (nSPS) is 30.1. The Morgan fingerprint density at radius 1 is 1.00 bits per heavy atom. The molecule has 5 atom stereocenters. The van der Waals surface area contributed by atoms with E-state index in [2.05, 4.69) is 25.0 Å². The maximum Gasteiger partial charge on any atom is 0.409 e. The van der Waals surface area contributed by atoms with Gasteiger partial charge >= 0.3 is 6.09 Å². The second-order valence-electron chi connectivity index (χ2n) is 7.24. The molecule has 0 saturated carbocycles. The van der Waals surface area contributed by atoms with Gasteiger partial charge in [0, 0.05) is 36.5 Å². The smallest absolute Gasteiger partial charge is 0.409 e. The summed E-state index contributed by atoms with van der Waals surface area (Å²) in [6.45, 7) is 7.37. The molecule has 0 aromatic carbocycles. The highest BCUT2D eigenvalue weighted by Crippen LogP contribution is 2.26. The topological polar surface area (TPSA) is 84.5 Å². The van der Waals surface area contributed by atoms with Gasteiger partial charge in [-0.05, 0) is 6.04 Å². The van der Waals surface area contributed by atoms with Crippen LogP contribution in [0.4, 0.5) is 4.79 Å². The van der Waals surface area contributed by atoms with Gasteiger partial charge in [-0.15, -0.1) is 0 Å². The molecule has 0 unspecified atom stereocenters. The molecule has 25 heavy (non-hydrogen) atoms. The molecule has 0 radical (unpaired) electrons. The fourth-order valence-corrected chi connectivity index (χ4v) is 3.46. The van der Waals surface area contributed by atoms with Crippen LogP contribution in [0, 0.1) is 0 Å². The first kappa shape index (κ1) is 22.3. The lowest BCUT2D eigenvalue weighted by Crippen LogP contribution is -2.64. The largest absolute Gasteiger partial charge is 0.450 e. The number of carbonyl (C=O) groups excluding carboxylic acids is 1. The zero-order valence-electron chi connectivity index (χ0n) is 16.4. The number of hydrogen-bond acceptors (Lipinski definition) is 7. The van der Waals surface area contributed by atoms with E-state index in [1.54, 1.807) is 21.3 Å². The van der Waals surface area contributed by atoms with Crippen molar-refractivity contribution in [2.24, 2.45) is 0 Å². The van der Waals surface area contributed by atoms with E-state index in [9.17, 15) is 4.79 Å². The Morgan fingerprint density at radius 2 is 1.60 bits per heavy atom. The van der Waals surface area contributed by atoms with Crippen molar-refractivity contribution in [3.63, 3.8) is 0 Å². The molecule has 1 saturated heterocycles. The quantitative estimate of drug-likeness (QED) is 0.607. The molecule has 1 N–H and O–H groups in total. The van der Waals surface area contributed by atoms with Crippen LogP contribution in [0.3, 0.4) is 0 Å². The molecule has 148 valence electrons. The van der Waals surface area contributed by atoms with Gasteiger partial charge < -0.3 is 28.4 Å². The van der Waals surface area contributed by atoms with Crippen molar-refractivity contribution in [1.82, 2.24) is 5.32 Å². The summed E-state index contributed by atoms with van der Waals surface area (Å²) in [7, 11) is 5.00. The summed E-state index contributed by atoms with van der Waals surface area (Å²) in [6.07, 6.45) is -2.99. The van der Waals surface area contributed by atoms with E-state index in [1.807, 2.05) is 0 Å². The molecule has 1 heterocycles. The van der Waals surface area contributed by atoms with E-state index < -0.39 is 38.7 Å². The first-order chi connectivity index (χ1) is 11.8. The predicted octanol–water partition coefficient (Wildman–Crippen LogP) is 1.47. The molecular formula is C16H33NO7Si. The highest BCUT2D eigenvalue weighted by atomic mass is 28.3. The minimum atomic E-state index is -1.26. The zero-order valence-corrected chi connectivity index (χ0v) is 17.4. The van der Waals surface area contributed by atoms with Crippen LogP contribution in [0.2, 0.25) is 25.7 Å². The molecule has 9 heteroatoms. The van der Waals surface area contributed by atoms with E-state index in [-0.39, 0.29) is 6.10 Å². The van der Waals surface area contributed by atoms with E-state index in [0.29, 0.717) is 13.2 Å². The van der Waals surface area contributed by atoms with E-state index in [1.165, 1.54) is 7.11 Å². The van der Waals surface area contributed by atoms with Crippen LogP contribution < -0.4 is 5.32 Å². The standard InChI is InChI=1S/C16H33NO7Si/c1-19-10-11-12(20-2)13(21-3)14(22-4)15(24-11)17-16(18)23-8-9-25(5,6)7/h11-15H,8-10H2,1-7H3,(H,17,18)/t11-,12-,13+,14-,15-/m1/s1. The Labute approximate surface area is 151 Å². The van der Waals surface area contributed by atoms with E-state index in [0.717, 1.165) is 6.04 Å². The maximum atomic E-state index is 12.1. The Bertz CT molecular complexity index is 404. The molecule has 0 spiro atoms. The summed E-state index contributed by atoms with van der Waals surface area (Å²) in [5.41, 5.74) is 0. The van der Waals surface area contributed by atoms with Gasteiger partial charge in [0.1, 0.15) is 24.4 Å². The van der Waals surface area contributed by atoms with Crippen LogP contribution in [0.1, 0.15) is 0 Å². The summed E-state index contributed by atoms with van der Waals surface area (Å²) in [6, 6.07) is 0.901. The molecule has 0 aliphatic carbocycles. The molecule has 8 nitrogen and oxygen atoms in total. The third-order valence-electron chi connectivity index (χ3n) is 4.13. The summed E-state index contributed by atoms with van der Waals surface area (Å²) in [5.74, 6) is 0. The lowest BCUT2D eigenvalue weighted by Gasteiger charge is -2.44. The third-order valence-corrected chi connectivity index (χ3v) is 5.83. The van der Waals surface area contributed by atoms with Gasteiger partial charge in [0.2, 0.25) is 0 Å². The van der Waals surface area contributed by atoms with Gasteiger partial charge in [-0.25, -0.2) is 4.79 Å². The number of hydrogen-bond donors (Lipinski definition) is 1. The maximum absolute atomic E-state index is 12.1. The number of methoxy groups -OCH3 is 4. The molecule has 1 fully saturated rings. The summed E-state index contributed by atoms with van der Waals surface area (Å²) in [5, 5.41) is 2.72. The Kier molecular flexibility index (Phi) is 9.32. The lowest BCUT2D eigenvalue weighted by molar-refractivity contribution is -0.254. The third kappa shape index (κ3) is 6.84. The van der Waals surface area contributed by atoms with Crippen molar-refractivity contribution in [2.75, 3.05) is 41.7 Å². The Hall–Kier alpha value is -0.713. The highest BCUT2D eigenvalue weighted by molar-refractivity contribution is 6.76. The predicted molar refractivity (Wildman–Crippen MR) is 95.6 cm³/mol.